The van der Waals surface area contributed by atoms with Crippen LogP contribution >= 0.6 is 0 Å². The fourth-order valence-corrected chi connectivity index (χ4v) is 3.52. The van der Waals surface area contributed by atoms with Crippen LogP contribution < -0.4 is 5.32 Å². The lowest BCUT2D eigenvalue weighted by Crippen LogP contribution is -2.14. The monoisotopic (exact) mass is 357 g/mol. The summed E-state index contributed by atoms with van der Waals surface area (Å²) in [4.78, 5) is 12.6. The van der Waals surface area contributed by atoms with Crippen LogP contribution in [-0.4, -0.2) is 5.91 Å². The average molecular weight is 357 g/mol. The molecule has 3 heteroatoms. The van der Waals surface area contributed by atoms with Gasteiger partial charge in [-0.15, -0.1) is 0 Å². The van der Waals surface area contributed by atoms with Gasteiger partial charge in [0.2, 0.25) is 5.91 Å². The van der Waals surface area contributed by atoms with Crippen molar-refractivity contribution in [2.45, 2.75) is 32.6 Å². The number of rotatable bonds is 6. The Hall–Kier alpha value is -3.07. The molecule has 0 atom stereocenters. The number of amides is 1. The Morgan fingerprint density at radius 2 is 1.81 bits per heavy atom. The zero-order chi connectivity index (χ0) is 18.6. The Bertz CT molecular complexity index is 1080. The highest BCUT2D eigenvalue weighted by Crippen LogP contribution is 2.30. The topological polar surface area (TPSA) is 42.2 Å². The van der Waals surface area contributed by atoms with Crippen molar-refractivity contribution in [2.75, 3.05) is 5.32 Å². The summed E-state index contributed by atoms with van der Waals surface area (Å²) >= 11 is 0. The summed E-state index contributed by atoms with van der Waals surface area (Å²) in [6, 6.07) is 20.3. The summed E-state index contributed by atoms with van der Waals surface area (Å²) in [5, 5.41) is 6.29. The van der Waals surface area contributed by atoms with Crippen LogP contribution in [0.4, 0.5) is 5.69 Å². The van der Waals surface area contributed by atoms with E-state index in [-0.39, 0.29) is 5.91 Å². The number of nitrogens with one attached hydrogen (secondary N) is 1. The van der Waals surface area contributed by atoms with Gasteiger partial charge in [-0.3, -0.25) is 4.79 Å². The number of fused-ring (bicyclic) bond motifs is 3. The predicted molar refractivity (Wildman–Crippen MR) is 111 cm³/mol. The molecule has 27 heavy (non-hydrogen) atoms. The number of unbranched alkanes of at least 4 members (excludes halogenated alkanes) is 1. The van der Waals surface area contributed by atoms with Gasteiger partial charge in [0.05, 0.1) is 12.7 Å². The smallest absolute Gasteiger partial charge is 0.228 e. The maximum atomic E-state index is 12.6. The SMILES string of the molecule is CCCCc1ccc(NC(=O)Cc2coc3ccc4ccccc4c23)cc1. The Labute approximate surface area is 159 Å². The van der Waals surface area contributed by atoms with Crippen LogP contribution in [0.5, 0.6) is 0 Å². The molecule has 0 aliphatic carbocycles. The fraction of sp³-hybridized carbons (Fsp3) is 0.208. The Morgan fingerprint density at radius 3 is 2.63 bits per heavy atom. The van der Waals surface area contributed by atoms with E-state index < -0.39 is 0 Å². The maximum absolute atomic E-state index is 12.6. The molecule has 0 spiro atoms. The number of carbonyl (C=O) groups is 1. The summed E-state index contributed by atoms with van der Waals surface area (Å²) < 4.78 is 5.68. The highest BCUT2D eigenvalue weighted by Gasteiger charge is 2.13. The molecule has 1 N–H and O–H groups in total. The van der Waals surface area contributed by atoms with Crippen molar-refractivity contribution in [3.63, 3.8) is 0 Å². The van der Waals surface area contributed by atoms with Crippen LogP contribution in [0.1, 0.15) is 30.9 Å². The van der Waals surface area contributed by atoms with E-state index in [0.717, 1.165) is 39.4 Å². The molecule has 3 nitrogen and oxygen atoms in total. The van der Waals surface area contributed by atoms with Gasteiger partial charge in [-0.05, 0) is 47.4 Å². The molecule has 0 radical (unpaired) electrons. The zero-order valence-corrected chi connectivity index (χ0v) is 15.5. The Balaban J connectivity index is 1.52. The average Bonchev–Trinajstić information content (AvgIpc) is 3.10. The van der Waals surface area contributed by atoms with Gasteiger partial charge in [0.25, 0.3) is 0 Å². The number of carbonyl (C=O) groups excluding carboxylic acids is 1. The molecule has 0 saturated heterocycles. The van der Waals surface area contributed by atoms with E-state index in [9.17, 15) is 4.79 Å². The summed E-state index contributed by atoms with van der Waals surface area (Å²) in [5.74, 6) is -0.0352. The Kier molecular flexibility index (Phi) is 4.93. The number of hydrogen-bond donors (Lipinski definition) is 1. The second-order valence-corrected chi connectivity index (χ2v) is 6.95. The van der Waals surface area contributed by atoms with Gasteiger partial charge in [-0.2, -0.15) is 0 Å². The number of hydrogen-bond acceptors (Lipinski definition) is 2. The van der Waals surface area contributed by atoms with E-state index in [1.54, 1.807) is 6.26 Å². The molecule has 0 bridgehead atoms. The van der Waals surface area contributed by atoms with Crippen molar-refractivity contribution in [3.8, 4) is 0 Å². The molecular formula is C24H23NO2. The summed E-state index contributed by atoms with van der Waals surface area (Å²) in [6.07, 6.45) is 5.45. The predicted octanol–water partition coefficient (Wildman–Crippen LogP) is 6.11. The molecule has 1 heterocycles. The van der Waals surface area contributed by atoms with Gasteiger partial charge in [0.15, 0.2) is 0 Å². The number of furan rings is 1. The minimum Gasteiger partial charge on any atom is -0.464 e. The van der Waals surface area contributed by atoms with Crippen molar-refractivity contribution >= 4 is 33.3 Å². The molecule has 0 aliphatic heterocycles. The number of aryl methyl sites for hydroxylation is 1. The lowest BCUT2D eigenvalue weighted by molar-refractivity contribution is -0.115. The molecular weight excluding hydrogens is 334 g/mol. The molecule has 1 amide bonds. The van der Waals surface area contributed by atoms with Crippen LogP contribution in [0, 0.1) is 0 Å². The van der Waals surface area contributed by atoms with E-state index in [2.05, 4.69) is 36.5 Å². The first kappa shape index (κ1) is 17.3. The van der Waals surface area contributed by atoms with Crippen LogP contribution in [0.2, 0.25) is 0 Å². The lowest BCUT2D eigenvalue weighted by Gasteiger charge is -2.07. The second kappa shape index (κ2) is 7.67. The summed E-state index contributed by atoms with van der Waals surface area (Å²) in [6.45, 7) is 2.19. The van der Waals surface area contributed by atoms with Crippen molar-refractivity contribution < 1.29 is 9.21 Å². The maximum Gasteiger partial charge on any atom is 0.228 e. The van der Waals surface area contributed by atoms with E-state index in [1.165, 1.54) is 18.4 Å². The molecule has 3 aromatic carbocycles. The first-order valence-corrected chi connectivity index (χ1v) is 9.51. The quantitative estimate of drug-likeness (QED) is 0.452. The molecule has 0 saturated carbocycles. The molecule has 4 rings (SSSR count). The molecule has 0 unspecified atom stereocenters. The van der Waals surface area contributed by atoms with Gasteiger partial charge >= 0.3 is 0 Å². The van der Waals surface area contributed by atoms with Crippen molar-refractivity contribution in [1.82, 2.24) is 0 Å². The standard InChI is InChI=1S/C24H23NO2/c1-2-3-6-17-9-12-20(13-10-17)25-23(26)15-19-16-27-22-14-11-18-7-4-5-8-21(18)24(19)22/h4-5,7-14,16H,2-3,6,15H2,1H3,(H,25,26). The molecule has 4 aromatic rings. The third kappa shape index (κ3) is 3.72. The molecule has 0 aliphatic rings. The highest BCUT2D eigenvalue weighted by molar-refractivity contribution is 6.09. The normalized spacial score (nSPS) is 11.1. The molecule has 1 aromatic heterocycles. The highest BCUT2D eigenvalue weighted by atomic mass is 16.3. The summed E-state index contributed by atoms with van der Waals surface area (Å²) in [7, 11) is 0. The van der Waals surface area contributed by atoms with Gasteiger partial charge in [-0.25, -0.2) is 0 Å². The van der Waals surface area contributed by atoms with Crippen LogP contribution in [0.15, 0.2) is 71.3 Å². The first-order chi connectivity index (χ1) is 13.2. The third-order valence-electron chi connectivity index (χ3n) is 4.95. The second-order valence-electron chi connectivity index (χ2n) is 6.95. The van der Waals surface area contributed by atoms with Crippen LogP contribution in [0.25, 0.3) is 21.7 Å². The van der Waals surface area contributed by atoms with Crippen molar-refractivity contribution in [1.29, 1.82) is 0 Å². The fourth-order valence-electron chi connectivity index (χ4n) is 3.52. The van der Waals surface area contributed by atoms with E-state index in [0.29, 0.717) is 6.42 Å². The van der Waals surface area contributed by atoms with Crippen molar-refractivity contribution in [2.24, 2.45) is 0 Å². The van der Waals surface area contributed by atoms with Gasteiger partial charge < -0.3 is 9.73 Å². The summed E-state index contributed by atoms with van der Waals surface area (Å²) in [5.41, 5.74) is 3.87. The largest absolute Gasteiger partial charge is 0.464 e. The minimum absolute atomic E-state index is 0.0352. The van der Waals surface area contributed by atoms with E-state index in [1.807, 2.05) is 36.4 Å². The van der Waals surface area contributed by atoms with Crippen molar-refractivity contribution in [3.05, 3.63) is 78.1 Å². The van der Waals surface area contributed by atoms with Gasteiger partial charge in [-0.1, -0.05) is 55.8 Å². The number of anilines is 1. The zero-order valence-electron chi connectivity index (χ0n) is 15.5. The first-order valence-electron chi connectivity index (χ1n) is 9.51. The van der Waals surface area contributed by atoms with Gasteiger partial charge in [0, 0.05) is 16.6 Å². The van der Waals surface area contributed by atoms with Crippen LogP contribution in [0.3, 0.4) is 0 Å². The van der Waals surface area contributed by atoms with E-state index in [4.69, 9.17) is 4.42 Å². The third-order valence-corrected chi connectivity index (χ3v) is 4.95. The minimum atomic E-state index is -0.0352. The van der Waals surface area contributed by atoms with Gasteiger partial charge in [0.1, 0.15) is 5.58 Å². The van der Waals surface area contributed by atoms with Crippen LogP contribution in [-0.2, 0) is 17.6 Å². The molecule has 136 valence electrons. The molecule has 0 fully saturated rings. The Morgan fingerprint density at radius 1 is 1.00 bits per heavy atom. The lowest BCUT2D eigenvalue weighted by atomic mass is 10.0. The number of benzene rings is 3. The van der Waals surface area contributed by atoms with E-state index >= 15 is 0 Å².